The summed E-state index contributed by atoms with van der Waals surface area (Å²) in [6.45, 7) is 4.57. The summed E-state index contributed by atoms with van der Waals surface area (Å²) in [5.74, 6) is -0.955. The van der Waals surface area contributed by atoms with Gasteiger partial charge in [-0.1, -0.05) is 6.07 Å². The van der Waals surface area contributed by atoms with E-state index in [1.165, 1.54) is 0 Å². The van der Waals surface area contributed by atoms with Gasteiger partial charge in [0.2, 0.25) is 5.88 Å². The maximum absolute atomic E-state index is 12.2. The van der Waals surface area contributed by atoms with Gasteiger partial charge in [-0.25, -0.2) is 4.98 Å². The lowest BCUT2D eigenvalue weighted by Gasteiger charge is -2.33. The van der Waals surface area contributed by atoms with Crippen molar-refractivity contribution in [3.63, 3.8) is 0 Å². The fraction of sp³-hybridized carbons (Fsp3) is 0.562. The minimum atomic E-state index is -0.972. The van der Waals surface area contributed by atoms with Crippen molar-refractivity contribution in [1.82, 2.24) is 10.3 Å². The molecule has 7 nitrogen and oxygen atoms in total. The van der Waals surface area contributed by atoms with Gasteiger partial charge in [-0.3, -0.25) is 9.59 Å². The van der Waals surface area contributed by atoms with E-state index in [1.807, 2.05) is 13.8 Å². The van der Waals surface area contributed by atoms with Crippen molar-refractivity contribution in [1.29, 1.82) is 0 Å². The first kappa shape index (κ1) is 17.2. The summed E-state index contributed by atoms with van der Waals surface area (Å²) in [5.41, 5.74) is -0.768. The Morgan fingerprint density at radius 1 is 1.39 bits per heavy atom. The van der Waals surface area contributed by atoms with Crippen LogP contribution in [0.15, 0.2) is 18.2 Å². The Kier molecular flexibility index (Phi) is 5.54. The molecule has 0 spiro atoms. The largest absolute Gasteiger partial charge is 0.481 e. The Hall–Kier alpha value is -2.15. The minimum absolute atomic E-state index is 0.0432. The second kappa shape index (κ2) is 7.41. The van der Waals surface area contributed by atoms with Crippen molar-refractivity contribution < 1.29 is 24.2 Å². The van der Waals surface area contributed by atoms with Gasteiger partial charge >= 0.3 is 5.97 Å². The number of carboxylic acid groups (broad SMARTS) is 1. The number of aliphatic carboxylic acids is 1. The summed E-state index contributed by atoms with van der Waals surface area (Å²) >= 11 is 0. The van der Waals surface area contributed by atoms with E-state index >= 15 is 0 Å². The molecule has 0 atom stereocenters. The highest BCUT2D eigenvalue weighted by Gasteiger charge is 2.40. The van der Waals surface area contributed by atoms with Gasteiger partial charge in [0.25, 0.3) is 5.91 Å². The SMILES string of the molecule is CC(C)Oc1cccc(C(=O)NCC2(C(=O)O)CCOCC2)n1. The van der Waals surface area contributed by atoms with Crippen molar-refractivity contribution in [3.05, 3.63) is 23.9 Å². The lowest BCUT2D eigenvalue weighted by molar-refractivity contribution is -0.154. The average Bonchev–Trinajstić information content (AvgIpc) is 2.53. The average molecular weight is 322 g/mol. The second-order valence-electron chi connectivity index (χ2n) is 5.91. The lowest BCUT2D eigenvalue weighted by atomic mass is 9.80. The monoisotopic (exact) mass is 322 g/mol. The van der Waals surface area contributed by atoms with Crippen LogP contribution in [0.4, 0.5) is 0 Å². The smallest absolute Gasteiger partial charge is 0.311 e. The molecule has 23 heavy (non-hydrogen) atoms. The van der Waals surface area contributed by atoms with Crippen molar-refractivity contribution in [3.8, 4) is 5.88 Å². The molecule has 0 aliphatic carbocycles. The highest BCUT2D eigenvalue weighted by Crippen LogP contribution is 2.30. The molecule has 0 unspecified atom stereocenters. The summed E-state index contributed by atoms with van der Waals surface area (Å²) in [6, 6.07) is 4.93. The standard InChI is InChI=1S/C16H22N2O5/c1-11(2)23-13-5-3-4-12(18-13)14(19)17-10-16(15(20)21)6-8-22-9-7-16/h3-5,11H,6-10H2,1-2H3,(H,17,19)(H,20,21). The first-order chi connectivity index (χ1) is 10.9. The highest BCUT2D eigenvalue weighted by atomic mass is 16.5. The number of ether oxygens (including phenoxy) is 2. The lowest BCUT2D eigenvalue weighted by Crippen LogP contribution is -2.46. The van der Waals surface area contributed by atoms with E-state index < -0.39 is 17.3 Å². The molecule has 2 N–H and O–H groups in total. The quantitative estimate of drug-likeness (QED) is 0.823. The van der Waals surface area contributed by atoms with Crippen molar-refractivity contribution in [2.45, 2.75) is 32.8 Å². The number of nitrogens with zero attached hydrogens (tertiary/aromatic N) is 1. The molecule has 2 heterocycles. The summed E-state index contributed by atoms with van der Waals surface area (Å²) < 4.78 is 10.7. The first-order valence-corrected chi connectivity index (χ1v) is 7.66. The summed E-state index contributed by atoms with van der Waals surface area (Å²) in [4.78, 5) is 27.9. The van der Waals surface area contributed by atoms with Gasteiger partial charge in [-0.2, -0.15) is 0 Å². The third-order valence-electron chi connectivity index (χ3n) is 3.80. The molecule has 0 saturated carbocycles. The molecular formula is C16H22N2O5. The normalized spacial score (nSPS) is 16.8. The Morgan fingerprint density at radius 2 is 2.09 bits per heavy atom. The summed E-state index contributed by atoms with van der Waals surface area (Å²) in [7, 11) is 0. The molecule has 7 heteroatoms. The van der Waals surface area contributed by atoms with E-state index in [0.717, 1.165) is 0 Å². The number of aromatic nitrogens is 1. The molecule has 1 aromatic rings. The van der Waals surface area contributed by atoms with Crippen LogP contribution in [0.2, 0.25) is 0 Å². The van der Waals surface area contributed by atoms with Gasteiger partial charge in [-0.05, 0) is 32.8 Å². The Bertz CT molecular complexity index is 567. The number of rotatable bonds is 6. The molecule has 1 aliphatic rings. The van der Waals surface area contributed by atoms with Gasteiger partial charge in [0.05, 0.1) is 11.5 Å². The number of nitrogens with one attached hydrogen (secondary N) is 1. The molecule has 126 valence electrons. The van der Waals surface area contributed by atoms with E-state index in [0.29, 0.717) is 31.9 Å². The van der Waals surface area contributed by atoms with Gasteiger partial charge in [-0.15, -0.1) is 0 Å². The van der Waals surface area contributed by atoms with Crippen LogP contribution in [0.5, 0.6) is 5.88 Å². The Morgan fingerprint density at radius 3 is 2.70 bits per heavy atom. The first-order valence-electron chi connectivity index (χ1n) is 7.66. The molecule has 1 aromatic heterocycles. The number of pyridine rings is 1. The van der Waals surface area contributed by atoms with Crippen LogP contribution in [0.25, 0.3) is 0 Å². The second-order valence-corrected chi connectivity index (χ2v) is 5.91. The molecule has 0 radical (unpaired) electrons. The number of hydrogen-bond donors (Lipinski definition) is 2. The van der Waals surface area contributed by atoms with Crippen LogP contribution in [0.1, 0.15) is 37.2 Å². The molecular weight excluding hydrogens is 300 g/mol. The van der Waals surface area contributed by atoms with Crippen LogP contribution in [-0.4, -0.2) is 47.8 Å². The zero-order chi connectivity index (χ0) is 16.9. The number of amides is 1. The van der Waals surface area contributed by atoms with Crippen LogP contribution < -0.4 is 10.1 Å². The number of carbonyl (C=O) groups is 2. The number of hydrogen-bond acceptors (Lipinski definition) is 5. The van der Waals surface area contributed by atoms with E-state index in [-0.39, 0.29) is 18.3 Å². The molecule has 1 fully saturated rings. The molecule has 2 rings (SSSR count). The fourth-order valence-electron chi connectivity index (χ4n) is 2.42. The maximum Gasteiger partial charge on any atom is 0.311 e. The van der Waals surface area contributed by atoms with Crippen LogP contribution >= 0.6 is 0 Å². The van der Waals surface area contributed by atoms with E-state index in [2.05, 4.69) is 10.3 Å². The zero-order valence-corrected chi connectivity index (χ0v) is 13.4. The van der Waals surface area contributed by atoms with Crippen LogP contribution in [0.3, 0.4) is 0 Å². The molecule has 1 amide bonds. The Balaban J connectivity index is 2.02. The third kappa shape index (κ3) is 4.41. The topological polar surface area (TPSA) is 97.8 Å². The highest BCUT2D eigenvalue weighted by molar-refractivity contribution is 5.92. The molecule has 1 aliphatic heterocycles. The maximum atomic E-state index is 12.2. The summed E-state index contributed by atoms with van der Waals surface area (Å²) in [6.07, 6.45) is 0.720. The van der Waals surface area contributed by atoms with Crippen molar-refractivity contribution >= 4 is 11.9 Å². The van der Waals surface area contributed by atoms with Crippen LogP contribution in [0, 0.1) is 5.41 Å². The van der Waals surface area contributed by atoms with Crippen molar-refractivity contribution in [2.75, 3.05) is 19.8 Å². The van der Waals surface area contributed by atoms with Gasteiger partial charge in [0.15, 0.2) is 0 Å². The summed E-state index contributed by atoms with van der Waals surface area (Å²) in [5, 5.41) is 12.2. The predicted molar refractivity (Wildman–Crippen MR) is 82.5 cm³/mol. The zero-order valence-electron chi connectivity index (χ0n) is 13.4. The Labute approximate surface area is 135 Å². The molecule has 0 bridgehead atoms. The predicted octanol–water partition coefficient (Wildman–Crippen LogP) is 1.48. The minimum Gasteiger partial charge on any atom is -0.481 e. The van der Waals surface area contributed by atoms with Crippen molar-refractivity contribution in [2.24, 2.45) is 5.41 Å². The number of carboxylic acids is 1. The van der Waals surface area contributed by atoms with E-state index in [1.54, 1.807) is 18.2 Å². The molecule has 1 saturated heterocycles. The fourth-order valence-corrected chi connectivity index (χ4v) is 2.42. The number of carbonyl (C=O) groups excluding carboxylic acids is 1. The van der Waals surface area contributed by atoms with Gasteiger partial charge in [0, 0.05) is 25.8 Å². The van der Waals surface area contributed by atoms with E-state index in [4.69, 9.17) is 9.47 Å². The van der Waals surface area contributed by atoms with Crippen LogP contribution in [-0.2, 0) is 9.53 Å². The van der Waals surface area contributed by atoms with Gasteiger partial charge < -0.3 is 19.9 Å². The third-order valence-corrected chi connectivity index (χ3v) is 3.80. The van der Waals surface area contributed by atoms with E-state index in [9.17, 15) is 14.7 Å². The molecule has 0 aromatic carbocycles. The van der Waals surface area contributed by atoms with Gasteiger partial charge in [0.1, 0.15) is 5.69 Å².